The van der Waals surface area contributed by atoms with Crippen LogP contribution in [0.2, 0.25) is 0 Å². The molecule has 24 heavy (non-hydrogen) atoms. The molecule has 0 aliphatic heterocycles. The van der Waals surface area contributed by atoms with Crippen LogP contribution in [0.25, 0.3) is 17.0 Å². The van der Waals surface area contributed by atoms with Gasteiger partial charge in [0.1, 0.15) is 5.82 Å². The molecule has 0 aliphatic rings. The SMILES string of the molecule is CN(C)c1ccc(/C=C/C=N/Nc2ccc3ccccc3n2)cc1. The number of para-hydroxylation sites is 1. The Morgan fingerprint density at radius 2 is 1.75 bits per heavy atom. The van der Waals surface area contributed by atoms with Gasteiger partial charge in [0.2, 0.25) is 0 Å². The minimum absolute atomic E-state index is 0.730. The number of aromatic nitrogens is 1. The van der Waals surface area contributed by atoms with Crippen LogP contribution in [0.15, 0.2) is 71.8 Å². The van der Waals surface area contributed by atoms with E-state index in [4.69, 9.17) is 0 Å². The summed E-state index contributed by atoms with van der Waals surface area (Å²) in [5.41, 5.74) is 6.22. The van der Waals surface area contributed by atoms with E-state index in [9.17, 15) is 0 Å². The summed E-state index contributed by atoms with van der Waals surface area (Å²) in [5.74, 6) is 0.730. The number of nitrogens with one attached hydrogen (secondary N) is 1. The molecule has 0 unspecified atom stereocenters. The summed E-state index contributed by atoms with van der Waals surface area (Å²) in [6.45, 7) is 0. The number of allylic oxidation sites excluding steroid dienone is 1. The second-order valence-corrected chi connectivity index (χ2v) is 5.62. The van der Waals surface area contributed by atoms with Gasteiger partial charge in [-0.3, -0.25) is 5.43 Å². The summed E-state index contributed by atoms with van der Waals surface area (Å²) in [7, 11) is 4.06. The monoisotopic (exact) mass is 316 g/mol. The molecule has 0 bridgehead atoms. The van der Waals surface area contributed by atoms with Crippen LogP contribution in [0, 0.1) is 0 Å². The highest BCUT2D eigenvalue weighted by Crippen LogP contribution is 2.14. The lowest BCUT2D eigenvalue weighted by atomic mass is 10.2. The van der Waals surface area contributed by atoms with Crippen molar-refractivity contribution in [2.45, 2.75) is 0 Å². The molecule has 1 heterocycles. The molecule has 0 atom stereocenters. The Morgan fingerprint density at radius 1 is 0.958 bits per heavy atom. The zero-order valence-electron chi connectivity index (χ0n) is 13.8. The van der Waals surface area contributed by atoms with E-state index >= 15 is 0 Å². The highest BCUT2D eigenvalue weighted by Gasteiger charge is 1.95. The van der Waals surface area contributed by atoms with Crippen molar-refractivity contribution in [3.63, 3.8) is 0 Å². The largest absolute Gasteiger partial charge is 0.378 e. The molecule has 1 aromatic heterocycles. The third-order valence-electron chi connectivity index (χ3n) is 3.64. The van der Waals surface area contributed by atoms with Crippen molar-refractivity contribution < 1.29 is 0 Å². The molecule has 3 rings (SSSR count). The molecule has 0 radical (unpaired) electrons. The first-order chi connectivity index (χ1) is 11.7. The van der Waals surface area contributed by atoms with Gasteiger partial charge in [-0.25, -0.2) is 4.98 Å². The fourth-order valence-electron chi connectivity index (χ4n) is 2.31. The number of hydrogen-bond acceptors (Lipinski definition) is 4. The highest BCUT2D eigenvalue weighted by atomic mass is 15.3. The van der Waals surface area contributed by atoms with Gasteiger partial charge in [-0.05, 0) is 42.0 Å². The Balaban J connectivity index is 1.59. The van der Waals surface area contributed by atoms with Gasteiger partial charge in [0, 0.05) is 31.4 Å². The van der Waals surface area contributed by atoms with Crippen molar-refractivity contribution in [1.29, 1.82) is 0 Å². The number of hydrogen-bond donors (Lipinski definition) is 1. The summed E-state index contributed by atoms with van der Waals surface area (Å²) >= 11 is 0. The standard InChI is InChI=1S/C20H20N4/c1-24(2)18-12-9-16(10-13-18)6-5-15-21-23-20-14-11-17-7-3-4-8-19(17)22-20/h3-15H,1-2H3,(H,22,23)/b6-5+,21-15+. The quantitative estimate of drug-likeness (QED) is 0.560. The van der Waals surface area contributed by atoms with E-state index in [2.05, 4.69) is 44.7 Å². The molecule has 0 amide bonds. The second-order valence-electron chi connectivity index (χ2n) is 5.62. The molecule has 120 valence electrons. The number of pyridine rings is 1. The normalized spacial score (nSPS) is 11.4. The van der Waals surface area contributed by atoms with Crippen LogP contribution in [-0.2, 0) is 0 Å². The third kappa shape index (κ3) is 3.98. The average molecular weight is 316 g/mol. The van der Waals surface area contributed by atoms with Crippen molar-refractivity contribution in [3.8, 4) is 0 Å². The fourth-order valence-corrected chi connectivity index (χ4v) is 2.31. The van der Waals surface area contributed by atoms with Crippen molar-refractivity contribution in [3.05, 3.63) is 72.3 Å². The maximum atomic E-state index is 4.50. The Morgan fingerprint density at radius 3 is 2.54 bits per heavy atom. The molecule has 3 aromatic rings. The van der Waals surface area contributed by atoms with Gasteiger partial charge in [0.25, 0.3) is 0 Å². The van der Waals surface area contributed by atoms with E-state index in [1.54, 1.807) is 6.21 Å². The van der Waals surface area contributed by atoms with E-state index < -0.39 is 0 Å². The smallest absolute Gasteiger partial charge is 0.146 e. The Bertz CT molecular complexity index is 864. The van der Waals surface area contributed by atoms with Gasteiger partial charge >= 0.3 is 0 Å². The van der Waals surface area contributed by atoms with E-state index in [0.29, 0.717) is 0 Å². The summed E-state index contributed by atoms with van der Waals surface area (Å²) in [6, 6.07) is 20.3. The lowest BCUT2D eigenvalue weighted by molar-refractivity contribution is 1.13. The minimum Gasteiger partial charge on any atom is -0.378 e. The minimum atomic E-state index is 0.730. The number of hydrazone groups is 1. The molecule has 1 N–H and O–H groups in total. The Labute approximate surface area is 142 Å². The average Bonchev–Trinajstić information content (AvgIpc) is 2.61. The number of nitrogens with zero attached hydrogens (tertiary/aromatic N) is 3. The van der Waals surface area contributed by atoms with Crippen LogP contribution in [0.4, 0.5) is 11.5 Å². The lowest BCUT2D eigenvalue weighted by Crippen LogP contribution is -2.07. The van der Waals surface area contributed by atoms with Crippen LogP contribution in [0.1, 0.15) is 5.56 Å². The molecule has 0 spiro atoms. The summed E-state index contributed by atoms with van der Waals surface area (Å²) in [5, 5.41) is 5.30. The van der Waals surface area contributed by atoms with Gasteiger partial charge < -0.3 is 4.90 Å². The maximum Gasteiger partial charge on any atom is 0.146 e. The Hall–Kier alpha value is -3.14. The number of benzene rings is 2. The first kappa shape index (κ1) is 15.7. The molecule has 2 aromatic carbocycles. The molecular formula is C20H20N4. The predicted octanol–water partition coefficient (Wildman–Crippen LogP) is 4.41. The van der Waals surface area contributed by atoms with E-state index in [-0.39, 0.29) is 0 Å². The van der Waals surface area contributed by atoms with Crippen LogP contribution in [0.3, 0.4) is 0 Å². The van der Waals surface area contributed by atoms with E-state index in [0.717, 1.165) is 22.3 Å². The second kappa shape index (κ2) is 7.42. The van der Waals surface area contributed by atoms with Gasteiger partial charge in [0.15, 0.2) is 0 Å². The predicted molar refractivity (Wildman–Crippen MR) is 104 cm³/mol. The van der Waals surface area contributed by atoms with Crippen LogP contribution in [0.5, 0.6) is 0 Å². The van der Waals surface area contributed by atoms with Crippen molar-refractivity contribution >= 4 is 34.7 Å². The molecule has 0 aliphatic carbocycles. The van der Waals surface area contributed by atoms with Crippen LogP contribution >= 0.6 is 0 Å². The number of rotatable bonds is 5. The zero-order valence-corrected chi connectivity index (χ0v) is 13.8. The summed E-state index contributed by atoms with van der Waals surface area (Å²) in [4.78, 5) is 6.58. The number of fused-ring (bicyclic) bond motifs is 1. The van der Waals surface area contributed by atoms with Crippen molar-refractivity contribution in [1.82, 2.24) is 4.98 Å². The van der Waals surface area contributed by atoms with Crippen LogP contribution in [-0.4, -0.2) is 25.3 Å². The first-order valence-electron chi connectivity index (χ1n) is 7.81. The molecule has 0 saturated carbocycles. The molecule has 4 nitrogen and oxygen atoms in total. The van der Waals surface area contributed by atoms with Gasteiger partial charge in [-0.2, -0.15) is 5.10 Å². The van der Waals surface area contributed by atoms with Crippen molar-refractivity contribution in [2.24, 2.45) is 5.10 Å². The molecular weight excluding hydrogens is 296 g/mol. The molecule has 0 fully saturated rings. The maximum absolute atomic E-state index is 4.50. The molecule has 0 saturated heterocycles. The van der Waals surface area contributed by atoms with Gasteiger partial charge in [0.05, 0.1) is 5.52 Å². The summed E-state index contributed by atoms with van der Waals surface area (Å²) in [6.07, 6.45) is 5.63. The fraction of sp³-hybridized carbons (Fsp3) is 0.100. The Kier molecular flexibility index (Phi) is 4.87. The van der Waals surface area contributed by atoms with Crippen LogP contribution < -0.4 is 10.3 Å². The van der Waals surface area contributed by atoms with E-state index in [1.807, 2.05) is 62.6 Å². The third-order valence-corrected chi connectivity index (χ3v) is 3.64. The molecule has 4 heteroatoms. The zero-order chi connectivity index (χ0) is 16.8. The topological polar surface area (TPSA) is 40.5 Å². The van der Waals surface area contributed by atoms with Gasteiger partial charge in [-0.15, -0.1) is 0 Å². The highest BCUT2D eigenvalue weighted by molar-refractivity contribution is 5.81. The number of anilines is 2. The van der Waals surface area contributed by atoms with Gasteiger partial charge in [-0.1, -0.05) is 36.4 Å². The van der Waals surface area contributed by atoms with E-state index in [1.165, 1.54) is 5.69 Å². The van der Waals surface area contributed by atoms with Crippen molar-refractivity contribution in [2.75, 3.05) is 24.4 Å². The lowest BCUT2D eigenvalue weighted by Gasteiger charge is -2.11. The summed E-state index contributed by atoms with van der Waals surface area (Å²) < 4.78 is 0. The first-order valence-corrected chi connectivity index (χ1v) is 7.81.